The number of rotatable bonds is 10. The number of ether oxygens (including phenoxy) is 4. The molecule has 0 N–H and O–H groups in total. The van der Waals surface area contributed by atoms with Crippen LogP contribution in [-0.4, -0.2) is 45.3 Å². The predicted octanol–water partition coefficient (Wildman–Crippen LogP) is 8.28. The number of hydrogen-bond acceptors (Lipinski definition) is 6. The highest BCUT2D eigenvalue weighted by Gasteiger charge is 2.44. The van der Waals surface area contributed by atoms with Gasteiger partial charge in [0.05, 0.1) is 31.5 Å². The molecule has 2 aliphatic rings. The highest BCUT2D eigenvalue weighted by atomic mass is 28.4. The molecule has 0 radical (unpaired) electrons. The Kier molecular flexibility index (Phi) is 10.6. The zero-order valence-electron chi connectivity index (χ0n) is 26.9. The minimum Gasteiger partial charge on any atom is -0.488 e. The van der Waals surface area contributed by atoms with Crippen LogP contribution < -0.4 is 4.74 Å². The van der Waals surface area contributed by atoms with Crippen LogP contribution in [0.4, 0.5) is 0 Å². The van der Waals surface area contributed by atoms with Gasteiger partial charge in [0, 0.05) is 19.3 Å². The van der Waals surface area contributed by atoms with Gasteiger partial charge in [-0.1, -0.05) is 93.6 Å². The molecule has 2 bridgehead atoms. The first-order chi connectivity index (χ1) is 21.1. The van der Waals surface area contributed by atoms with Crippen LogP contribution in [0.2, 0.25) is 18.1 Å². The highest BCUT2D eigenvalue weighted by molar-refractivity contribution is 6.74. The molecule has 236 valence electrons. The maximum absolute atomic E-state index is 14.0. The topological polar surface area (TPSA) is 63.2 Å². The van der Waals surface area contributed by atoms with Crippen molar-refractivity contribution in [1.82, 2.24) is 0 Å². The minimum atomic E-state index is -2.04. The van der Waals surface area contributed by atoms with E-state index in [4.69, 9.17) is 23.4 Å². The Hall–Kier alpha value is -2.97. The molecule has 0 saturated carbocycles. The molecular formula is C37H48O6Si. The number of hydrogen-bond donors (Lipinski definition) is 0. The van der Waals surface area contributed by atoms with Crippen LogP contribution in [0.3, 0.4) is 0 Å². The Morgan fingerprint density at radius 1 is 0.864 bits per heavy atom. The van der Waals surface area contributed by atoms with Gasteiger partial charge in [-0.2, -0.15) is 0 Å². The molecule has 44 heavy (non-hydrogen) atoms. The van der Waals surface area contributed by atoms with Gasteiger partial charge in [-0.15, -0.1) is 0 Å². The highest BCUT2D eigenvalue weighted by Crippen LogP contribution is 2.41. The van der Waals surface area contributed by atoms with Crippen LogP contribution in [0.25, 0.3) is 0 Å². The monoisotopic (exact) mass is 616 g/mol. The van der Waals surface area contributed by atoms with Crippen molar-refractivity contribution >= 4 is 14.3 Å². The number of fused-ring (bicyclic) bond motifs is 3. The molecule has 3 aromatic carbocycles. The van der Waals surface area contributed by atoms with Crippen LogP contribution in [0.5, 0.6) is 5.75 Å². The summed E-state index contributed by atoms with van der Waals surface area (Å²) < 4.78 is 32.3. The van der Waals surface area contributed by atoms with Gasteiger partial charge in [-0.05, 0) is 53.7 Å². The Balaban J connectivity index is 1.39. The fraction of sp³-hybridized carbons (Fsp3) is 0.486. The number of carbonyl (C=O) groups excluding carboxylic acids is 1. The smallest absolute Gasteiger partial charge is 0.342 e. The van der Waals surface area contributed by atoms with Crippen molar-refractivity contribution in [2.24, 2.45) is 0 Å². The van der Waals surface area contributed by atoms with E-state index in [1.54, 1.807) is 0 Å². The molecule has 3 aromatic rings. The van der Waals surface area contributed by atoms with Crippen molar-refractivity contribution in [2.45, 2.75) is 109 Å². The molecule has 7 heteroatoms. The van der Waals surface area contributed by atoms with E-state index >= 15 is 0 Å². The van der Waals surface area contributed by atoms with Gasteiger partial charge in [-0.3, -0.25) is 0 Å². The van der Waals surface area contributed by atoms with E-state index in [0.29, 0.717) is 50.4 Å². The van der Waals surface area contributed by atoms with Crippen LogP contribution >= 0.6 is 0 Å². The molecular weight excluding hydrogens is 568 g/mol. The summed E-state index contributed by atoms with van der Waals surface area (Å²) in [6, 6.07) is 25.9. The van der Waals surface area contributed by atoms with E-state index in [1.807, 2.05) is 66.7 Å². The van der Waals surface area contributed by atoms with Crippen molar-refractivity contribution in [3.63, 3.8) is 0 Å². The lowest BCUT2D eigenvalue weighted by molar-refractivity contribution is -0.125. The fourth-order valence-electron chi connectivity index (χ4n) is 5.74. The van der Waals surface area contributed by atoms with Crippen molar-refractivity contribution in [2.75, 3.05) is 6.61 Å². The van der Waals surface area contributed by atoms with E-state index in [-0.39, 0.29) is 35.4 Å². The van der Waals surface area contributed by atoms with E-state index in [2.05, 4.69) is 46.0 Å². The zero-order chi connectivity index (χ0) is 31.2. The Bertz CT molecular complexity index is 1350. The molecule has 0 unspecified atom stereocenters. The number of benzene rings is 3. The summed E-state index contributed by atoms with van der Waals surface area (Å²) in [5, 5.41) is 0.0881. The van der Waals surface area contributed by atoms with Gasteiger partial charge in [0.2, 0.25) is 0 Å². The molecule has 2 heterocycles. The van der Waals surface area contributed by atoms with E-state index in [1.165, 1.54) is 0 Å². The van der Waals surface area contributed by atoms with Crippen molar-refractivity contribution < 1.29 is 28.2 Å². The second kappa shape index (κ2) is 14.4. The summed E-state index contributed by atoms with van der Waals surface area (Å²) in [4.78, 5) is 14.0. The summed E-state index contributed by atoms with van der Waals surface area (Å²) in [6.45, 7) is 12.8. The van der Waals surface area contributed by atoms with Gasteiger partial charge in [0.25, 0.3) is 0 Å². The lowest BCUT2D eigenvalue weighted by atomic mass is 9.91. The first-order valence-corrected chi connectivity index (χ1v) is 18.9. The molecule has 0 aliphatic carbocycles. The van der Waals surface area contributed by atoms with Gasteiger partial charge in [-0.25, -0.2) is 4.79 Å². The quantitative estimate of drug-likeness (QED) is 0.130. The number of carbonyl (C=O) groups is 1. The summed E-state index contributed by atoms with van der Waals surface area (Å²) in [7, 11) is -2.04. The van der Waals surface area contributed by atoms with Crippen LogP contribution in [0, 0.1) is 0 Å². The Labute approximate surface area is 264 Å². The van der Waals surface area contributed by atoms with Crippen molar-refractivity contribution in [1.29, 1.82) is 0 Å². The third kappa shape index (κ3) is 8.39. The molecule has 0 amide bonds. The lowest BCUT2D eigenvalue weighted by Crippen LogP contribution is -2.51. The second-order valence-corrected chi connectivity index (χ2v) is 18.4. The first-order valence-electron chi connectivity index (χ1n) is 16.0. The Morgan fingerprint density at radius 2 is 1.55 bits per heavy atom. The third-order valence-electron chi connectivity index (χ3n) is 9.28. The lowest BCUT2D eigenvalue weighted by Gasteiger charge is -2.45. The maximum Gasteiger partial charge on any atom is 0.342 e. The number of cyclic esters (lactones) is 1. The predicted molar refractivity (Wildman–Crippen MR) is 175 cm³/mol. The van der Waals surface area contributed by atoms with Crippen molar-refractivity contribution in [3.8, 4) is 5.75 Å². The molecule has 4 atom stereocenters. The standard InChI is InChI=1S/C37H48O6Si/c1-37(2,3)44(4,5)43-32-20-19-30-24-31(21-22-39-25-27-13-8-6-9-14-27)42-36(38)35-29(23-34(32)41-30)17-12-18-33(35)40-26-28-15-10-7-11-16-28/h6-18,30-32,34H,19-26H2,1-5H3/t30-,31+,32+,34+/m1/s1. The molecule has 5 rings (SSSR count). The fourth-order valence-corrected chi connectivity index (χ4v) is 7.12. The first kappa shape index (κ1) is 32.4. The average Bonchev–Trinajstić information content (AvgIpc) is 2.99. The molecule has 2 aliphatic heterocycles. The van der Waals surface area contributed by atoms with Gasteiger partial charge >= 0.3 is 5.97 Å². The molecule has 6 nitrogen and oxygen atoms in total. The van der Waals surface area contributed by atoms with Gasteiger partial charge in [0.1, 0.15) is 24.0 Å². The summed E-state index contributed by atoms with van der Waals surface area (Å²) in [5.74, 6) is 0.184. The third-order valence-corrected chi connectivity index (χ3v) is 13.8. The zero-order valence-corrected chi connectivity index (χ0v) is 27.9. The summed E-state index contributed by atoms with van der Waals surface area (Å²) >= 11 is 0. The SMILES string of the molecule is CC(C)(C)[Si](C)(C)O[C@H]1CC[C@@H]2C[C@H](CCOCc3ccccc3)OC(=O)c3c(cccc3OCc3ccccc3)C[C@@H]1O2. The normalized spacial score (nSPS) is 22.5. The minimum absolute atomic E-state index is 0.00903. The summed E-state index contributed by atoms with van der Waals surface area (Å²) in [6.07, 6.45) is 3.05. The van der Waals surface area contributed by atoms with Crippen molar-refractivity contribution in [3.05, 3.63) is 101 Å². The number of esters is 1. The second-order valence-electron chi connectivity index (χ2n) is 13.6. The molecule has 1 saturated heterocycles. The maximum atomic E-state index is 14.0. The molecule has 0 spiro atoms. The van der Waals surface area contributed by atoms with E-state index in [9.17, 15) is 4.79 Å². The Morgan fingerprint density at radius 3 is 2.23 bits per heavy atom. The van der Waals surface area contributed by atoms with Crippen LogP contribution in [0.1, 0.15) is 73.5 Å². The van der Waals surface area contributed by atoms with E-state index in [0.717, 1.165) is 29.5 Å². The van der Waals surface area contributed by atoms with Crippen LogP contribution in [-0.2, 0) is 38.3 Å². The largest absolute Gasteiger partial charge is 0.488 e. The average molecular weight is 617 g/mol. The van der Waals surface area contributed by atoms with E-state index < -0.39 is 8.32 Å². The molecule has 1 fully saturated rings. The molecule has 0 aromatic heterocycles. The van der Waals surface area contributed by atoms with Gasteiger partial charge in [0.15, 0.2) is 8.32 Å². The van der Waals surface area contributed by atoms with Gasteiger partial charge < -0.3 is 23.4 Å². The summed E-state index contributed by atoms with van der Waals surface area (Å²) in [5.41, 5.74) is 3.51. The van der Waals surface area contributed by atoms with Crippen LogP contribution in [0.15, 0.2) is 78.9 Å².